The van der Waals surface area contributed by atoms with Crippen molar-refractivity contribution in [3.05, 3.63) is 54.1 Å². The fourth-order valence-electron chi connectivity index (χ4n) is 2.06. The van der Waals surface area contributed by atoms with Crippen LogP contribution in [0.3, 0.4) is 0 Å². The Balaban J connectivity index is 1.60. The van der Waals surface area contributed by atoms with Crippen LogP contribution in [0.1, 0.15) is 17.3 Å². The van der Waals surface area contributed by atoms with Gasteiger partial charge in [-0.25, -0.2) is 0 Å². The second-order valence-electron chi connectivity index (χ2n) is 4.87. The SMILES string of the molecule is CCOc1cccc(OCCOCCOc2ccccc2C=O)c1. The van der Waals surface area contributed by atoms with E-state index in [9.17, 15) is 4.79 Å². The van der Waals surface area contributed by atoms with Crippen molar-refractivity contribution in [1.29, 1.82) is 0 Å². The van der Waals surface area contributed by atoms with Crippen molar-refractivity contribution in [2.45, 2.75) is 6.92 Å². The third-order valence-electron chi connectivity index (χ3n) is 3.14. The molecule has 0 fully saturated rings. The van der Waals surface area contributed by atoms with Crippen LogP contribution < -0.4 is 14.2 Å². The summed E-state index contributed by atoms with van der Waals surface area (Å²) in [5.41, 5.74) is 0.537. The van der Waals surface area contributed by atoms with Crippen molar-refractivity contribution in [3.8, 4) is 17.2 Å². The number of aldehydes is 1. The third kappa shape index (κ3) is 5.93. The number of carbonyl (C=O) groups is 1. The molecule has 0 unspecified atom stereocenters. The van der Waals surface area contributed by atoms with E-state index in [4.69, 9.17) is 18.9 Å². The molecule has 0 saturated carbocycles. The summed E-state index contributed by atoms with van der Waals surface area (Å²) >= 11 is 0. The molecule has 0 spiro atoms. The minimum Gasteiger partial charge on any atom is -0.494 e. The highest BCUT2D eigenvalue weighted by molar-refractivity contribution is 5.79. The van der Waals surface area contributed by atoms with Gasteiger partial charge < -0.3 is 18.9 Å². The fourth-order valence-corrected chi connectivity index (χ4v) is 2.06. The second kappa shape index (κ2) is 10.3. The first-order valence-electron chi connectivity index (χ1n) is 7.94. The van der Waals surface area contributed by atoms with E-state index in [1.54, 1.807) is 18.2 Å². The molecule has 2 rings (SSSR count). The van der Waals surface area contributed by atoms with Crippen molar-refractivity contribution >= 4 is 6.29 Å². The van der Waals surface area contributed by atoms with Gasteiger partial charge in [0.05, 0.1) is 25.4 Å². The van der Waals surface area contributed by atoms with Crippen LogP contribution in [0, 0.1) is 0 Å². The van der Waals surface area contributed by atoms with Crippen LogP contribution in [0.25, 0.3) is 0 Å². The first-order chi connectivity index (χ1) is 11.8. The lowest BCUT2D eigenvalue weighted by atomic mass is 10.2. The summed E-state index contributed by atoms with van der Waals surface area (Å²) in [5.74, 6) is 2.11. The first kappa shape index (κ1) is 17.8. The minimum absolute atomic E-state index is 0.380. The van der Waals surface area contributed by atoms with Crippen LogP contribution in [0.2, 0.25) is 0 Å². The van der Waals surface area contributed by atoms with E-state index in [2.05, 4.69) is 0 Å². The molecule has 0 N–H and O–H groups in total. The standard InChI is InChI=1S/C19H22O5/c1-2-22-17-7-5-8-18(14-17)23-12-10-21-11-13-24-19-9-4-3-6-16(19)15-20/h3-9,14-15H,2,10-13H2,1H3. The van der Waals surface area contributed by atoms with E-state index in [1.165, 1.54) is 0 Å². The number of carbonyl (C=O) groups excluding carboxylic acids is 1. The Hall–Kier alpha value is -2.53. The zero-order valence-corrected chi connectivity index (χ0v) is 13.8. The number of para-hydroxylation sites is 1. The summed E-state index contributed by atoms with van der Waals surface area (Å²) in [6.45, 7) is 4.27. The Bertz CT molecular complexity index is 627. The molecular weight excluding hydrogens is 308 g/mol. The molecule has 0 saturated heterocycles. The summed E-state index contributed by atoms with van der Waals surface area (Å²) in [7, 11) is 0. The van der Waals surface area contributed by atoms with Gasteiger partial charge in [-0.05, 0) is 31.2 Å². The van der Waals surface area contributed by atoms with E-state index in [-0.39, 0.29) is 0 Å². The van der Waals surface area contributed by atoms with E-state index in [1.807, 2.05) is 37.3 Å². The molecule has 0 atom stereocenters. The molecule has 0 aliphatic carbocycles. The van der Waals surface area contributed by atoms with Crippen LogP contribution in [-0.2, 0) is 4.74 Å². The molecule has 0 radical (unpaired) electrons. The molecule has 0 aromatic heterocycles. The fraction of sp³-hybridized carbons (Fsp3) is 0.316. The number of benzene rings is 2. The summed E-state index contributed by atoms with van der Waals surface area (Å²) in [6, 6.07) is 14.6. The summed E-state index contributed by atoms with van der Waals surface area (Å²) in [6.07, 6.45) is 0.778. The Kier molecular flexibility index (Phi) is 7.63. The average Bonchev–Trinajstić information content (AvgIpc) is 2.62. The maximum Gasteiger partial charge on any atom is 0.153 e. The highest BCUT2D eigenvalue weighted by Gasteiger charge is 2.01. The lowest BCUT2D eigenvalue weighted by molar-refractivity contribution is 0.0760. The molecule has 0 aliphatic rings. The van der Waals surface area contributed by atoms with Gasteiger partial charge in [0.1, 0.15) is 30.5 Å². The van der Waals surface area contributed by atoms with E-state index < -0.39 is 0 Å². The highest BCUT2D eigenvalue weighted by atomic mass is 16.5. The molecule has 0 amide bonds. The molecule has 24 heavy (non-hydrogen) atoms. The molecule has 0 bridgehead atoms. The molecule has 2 aromatic rings. The van der Waals surface area contributed by atoms with Gasteiger partial charge in [0, 0.05) is 6.07 Å². The first-order valence-corrected chi connectivity index (χ1v) is 7.94. The topological polar surface area (TPSA) is 54.0 Å². The predicted octanol–water partition coefficient (Wildman–Crippen LogP) is 3.37. The quantitative estimate of drug-likeness (QED) is 0.467. The Morgan fingerprint density at radius 1 is 0.833 bits per heavy atom. The number of rotatable bonds is 11. The van der Waals surface area contributed by atoms with Crippen molar-refractivity contribution < 1.29 is 23.7 Å². The summed E-state index contributed by atoms with van der Waals surface area (Å²) in [4.78, 5) is 10.9. The average molecular weight is 330 g/mol. The summed E-state index contributed by atoms with van der Waals surface area (Å²) in [5, 5.41) is 0. The minimum atomic E-state index is 0.380. The van der Waals surface area contributed by atoms with Crippen LogP contribution >= 0.6 is 0 Å². The maximum atomic E-state index is 10.9. The van der Waals surface area contributed by atoms with Crippen molar-refractivity contribution in [2.75, 3.05) is 33.0 Å². The van der Waals surface area contributed by atoms with E-state index in [0.717, 1.165) is 17.8 Å². The van der Waals surface area contributed by atoms with E-state index in [0.29, 0.717) is 44.3 Å². The van der Waals surface area contributed by atoms with Gasteiger partial charge in [-0.2, -0.15) is 0 Å². The predicted molar refractivity (Wildman–Crippen MR) is 91.2 cm³/mol. The number of ether oxygens (including phenoxy) is 4. The molecule has 2 aromatic carbocycles. The second-order valence-corrected chi connectivity index (χ2v) is 4.87. The maximum absolute atomic E-state index is 10.9. The normalized spacial score (nSPS) is 10.2. The van der Waals surface area contributed by atoms with Gasteiger partial charge in [0.15, 0.2) is 6.29 Å². The van der Waals surface area contributed by atoms with Crippen LogP contribution in [0.4, 0.5) is 0 Å². The molecule has 5 nitrogen and oxygen atoms in total. The monoisotopic (exact) mass is 330 g/mol. The van der Waals surface area contributed by atoms with Crippen LogP contribution in [0.15, 0.2) is 48.5 Å². The van der Waals surface area contributed by atoms with Gasteiger partial charge in [0.2, 0.25) is 0 Å². The zero-order chi connectivity index (χ0) is 17.0. The van der Waals surface area contributed by atoms with Crippen molar-refractivity contribution in [2.24, 2.45) is 0 Å². The lowest BCUT2D eigenvalue weighted by Crippen LogP contribution is -2.12. The molecule has 128 valence electrons. The largest absolute Gasteiger partial charge is 0.494 e. The van der Waals surface area contributed by atoms with Crippen LogP contribution in [0.5, 0.6) is 17.2 Å². The Labute approximate surface area is 142 Å². The Morgan fingerprint density at radius 3 is 2.29 bits per heavy atom. The molecule has 5 heteroatoms. The van der Waals surface area contributed by atoms with Gasteiger partial charge >= 0.3 is 0 Å². The van der Waals surface area contributed by atoms with Gasteiger partial charge in [0.25, 0.3) is 0 Å². The van der Waals surface area contributed by atoms with Crippen molar-refractivity contribution in [3.63, 3.8) is 0 Å². The smallest absolute Gasteiger partial charge is 0.153 e. The van der Waals surface area contributed by atoms with Gasteiger partial charge in [-0.15, -0.1) is 0 Å². The van der Waals surface area contributed by atoms with Crippen molar-refractivity contribution in [1.82, 2.24) is 0 Å². The van der Waals surface area contributed by atoms with E-state index >= 15 is 0 Å². The summed E-state index contributed by atoms with van der Waals surface area (Å²) < 4.78 is 22.0. The molecule has 0 aliphatic heterocycles. The van der Waals surface area contributed by atoms with Gasteiger partial charge in [-0.3, -0.25) is 4.79 Å². The molecule has 0 heterocycles. The third-order valence-corrected chi connectivity index (χ3v) is 3.14. The van der Waals surface area contributed by atoms with Crippen LogP contribution in [-0.4, -0.2) is 39.3 Å². The molecular formula is C19H22O5. The Morgan fingerprint density at radius 2 is 1.54 bits per heavy atom. The zero-order valence-electron chi connectivity index (χ0n) is 13.8. The number of hydrogen-bond acceptors (Lipinski definition) is 5. The van der Waals surface area contributed by atoms with Gasteiger partial charge in [-0.1, -0.05) is 18.2 Å². The highest BCUT2D eigenvalue weighted by Crippen LogP contribution is 2.19. The number of hydrogen-bond donors (Lipinski definition) is 0. The lowest BCUT2D eigenvalue weighted by Gasteiger charge is -2.10.